The number of ether oxygens (including phenoxy) is 1. The minimum absolute atomic E-state index is 0.113. The number of amides is 1. The molecule has 2 heterocycles. The summed E-state index contributed by atoms with van der Waals surface area (Å²) in [5.41, 5.74) is 4.77. The molecule has 0 aromatic carbocycles. The molecule has 1 saturated heterocycles. The molecule has 0 spiro atoms. The van der Waals surface area contributed by atoms with E-state index in [0.717, 1.165) is 18.7 Å². The summed E-state index contributed by atoms with van der Waals surface area (Å²) >= 11 is 0.729. The molecule has 0 bridgehead atoms. The van der Waals surface area contributed by atoms with Gasteiger partial charge in [0, 0.05) is 18.2 Å². The van der Waals surface area contributed by atoms with E-state index in [0.29, 0.717) is 4.90 Å². The van der Waals surface area contributed by atoms with Crippen LogP contribution >= 0.6 is 11.8 Å². The number of nitrogens with two attached hydrogens (primary N) is 1. The highest BCUT2D eigenvalue weighted by Crippen LogP contribution is 2.50. The van der Waals surface area contributed by atoms with Crippen molar-refractivity contribution in [1.82, 2.24) is 4.90 Å². The molecule has 122 valence electrons. The summed E-state index contributed by atoms with van der Waals surface area (Å²) in [7, 11) is 0. The van der Waals surface area contributed by atoms with E-state index < -0.39 is 47.2 Å². The lowest BCUT2D eigenvalue weighted by molar-refractivity contribution is -0.214. The van der Waals surface area contributed by atoms with Crippen LogP contribution in [-0.4, -0.2) is 51.4 Å². The molecule has 0 saturated carbocycles. The van der Waals surface area contributed by atoms with E-state index in [1.807, 2.05) is 0 Å². The number of carboxylic acid groups (broad SMARTS) is 1. The largest absolute Gasteiger partial charge is 0.477 e. The monoisotopic (exact) mass is 340 g/mol. The van der Waals surface area contributed by atoms with Crippen molar-refractivity contribution in [2.75, 3.05) is 5.75 Å². The van der Waals surface area contributed by atoms with Crippen molar-refractivity contribution >= 4 is 29.6 Å². The zero-order valence-corrected chi connectivity index (χ0v) is 11.9. The van der Waals surface area contributed by atoms with E-state index >= 15 is 0 Å². The molecular formula is C11H11F3N2O5S. The average Bonchev–Trinajstić information content (AvgIpc) is 2.33. The quantitative estimate of drug-likeness (QED) is 0.431. The lowest BCUT2D eigenvalue weighted by Crippen LogP contribution is -2.66. The fourth-order valence-electron chi connectivity index (χ4n) is 2.28. The second-order valence-electron chi connectivity index (χ2n) is 4.64. The summed E-state index contributed by atoms with van der Waals surface area (Å²) in [6, 6.07) is 0. The zero-order chi connectivity index (χ0) is 16.8. The van der Waals surface area contributed by atoms with E-state index in [1.165, 1.54) is 0 Å². The molecule has 2 rings (SSSR count). The Hall–Kier alpha value is -1.75. The molecule has 11 heteroatoms. The van der Waals surface area contributed by atoms with Crippen LogP contribution in [0.1, 0.15) is 6.92 Å². The maximum atomic E-state index is 12.8. The number of esters is 1. The zero-order valence-electron chi connectivity index (χ0n) is 11.1. The number of hydrogen-bond donors (Lipinski definition) is 2. The number of aliphatic carboxylic acids is 1. The summed E-state index contributed by atoms with van der Waals surface area (Å²) in [5, 5.41) is 7.84. The third-order valence-electron chi connectivity index (χ3n) is 3.19. The van der Waals surface area contributed by atoms with Crippen molar-refractivity contribution in [1.29, 1.82) is 0 Å². The minimum atomic E-state index is -4.75. The first kappa shape index (κ1) is 16.6. The molecule has 1 unspecified atom stereocenters. The summed E-state index contributed by atoms with van der Waals surface area (Å²) in [5.74, 6) is -6.15. The Kier molecular flexibility index (Phi) is 4.13. The summed E-state index contributed by atoms with van der Waals surface area (Å²) in [4.78, 5) is 34.4. The van der Waals surface area contributed by atoms with Gasteiger partial charge >= 0.3 is 18.1 Å². The van der Waals surface area contributed by atoms with Crippen molar-refractivity contribution in [3.63, 3.8) is 0 Å². The van der Waals surface area contributed by atoms with Gasteiger partial charge in [-0.1, -0.05) is 0 Å². The third-order valence-corrected chi connectivity index (χ3v) is 4.49. The number of halogens is 3. The summed E-state index contributed by atoms with van der Waals surface area (Å²) < 4.78 is 42.9. The Bertz CT molecular complexity index is 577. The maximum absolute atomic E-state index is 12.8. The topological polar surface area (TPSA) is 110 Å². The first-order valence-corrected chi connectivity index (χ1v) is 7.01. The molecule has 1 fully saturated rings. The van der Waals surface area contributed by atoms with Gasteiger partial charge in [0.25, 0.3) is 0 Å². The van der Waals surface area contributed by atoms with Gasteiger partial charge in [-0.2, -0.15) is 13.2 Å². The number of carboxylic acids is 1. The van der Waals surface area contributed by atoms with E-state index in [-0.39, 0.29) is 11.3 Å². The predicted molar refractivity (Wildman–Crippen MR) is 67.0 cm³/mol. The molecule has 0 radical (unpaired) electrons. The number of carbonyl (C=O) groups excluding carboxylic acids is 2. The van der Waals surface area contributed by atoms with E-state index in [9.17, 15) is 32.7 Å². The smallest absolute Gasteiger partial charge is 0.403 e. The second kappa shape index (κ2) is 5.47. The number of nitrogens with zero attached hydrogens (tertiary/aromatic N) is 1. The van der Waals surface area contributed by atoms with Gasteiger partial charge in [0.05, 0.1) is 0 Å². The number of fused-ring (bicyclic) bond motifs is 1. The SMILES string of the molecule is CC(=O)OC(N)C1=C(C(=O)O)N2C(=O)[C@@H](C(F)(F)F)[C@H]2SC1. The van der Waals surface area contributed by atoms with Crippen molar-refractivity contribution < 1.29 is 37.4 Å². The molecule has 7 nitrogen and oxygen atoms in total. The first-order chi connectivity index (χ1) is 10.1. The summed E-state index contributed by atoms with van der Waals surface area (Å²) in [6.45, 7) is 1.05. The number of alkyl halides is 3. The molecule has 3 N–H and O–H groups in total. The molecule has 0 aromatic rings. The Morgan fingerprint density at radius 1 is 1.50 bits per heavy atom. The highest BCUT2D eigenvalue weighted by Gasteiger charge is 2.64. The van der Waals surface area contributed by atoms with Crippen LogP contribution in [0.15, 0.2) is 11.3 Å². The first-order valence-electron chi connectivity index (χ1n) is 5.96. The van der Waals surface area contributed by atoms with Crippen LogP contribution in [0.4, 0.5) is 13.2 Å². The molecule has 2 aliphatic rings. The third kappa shape index (κ3) is 2.65. The van der Waals surface area contributed by atoms with Crippen LogP contribution in [0.5, 0.6) is 0 Å². The minimum Gasteiger partial charge on any atom is -0.477 e. The van der Waals surface area contributed by atoms with Gasteiger partial charge in [0.15, 0.2) is 12.1 Å². The van der Waals surface area contributed by atoms with Crippen LogP contribution in [-0.2, 0) is 19.1 Å². The van der Waals surface area contributed by atoms with Gasteiger partial charge < -0.3 is 9.84 Å². The molecule has 0 aliphatic carbocycles. The highest BCUT2D eigenvalue weighted by molar-refractivity contribution is 8.00. The Labute approximate surface area is 126 Å². The Morgan fingerprint density at radius 3 is 2.55 bits per heavy atom. The molecule has 22 heavy (non-hydrogen) atoms. The van der Waals surface area contributed by atoms with E-state index in [1.54, 1.807) is 0 Å². The number of thioether (sulfide) groups is 1. The van der Waals surface area contributed by atoms with Crippen LogP contribution in [0.25, 0.3) is 0 Å². The molecular weight excluding hydrogens is 329 g/mol. The van der Waals surface area contributed by atoms with Gasteiger partial charge in [-0.15, -0.1) is 11.8 Å². The van der Waals surface area contributed by atoms with Crippen LogP contribution < -0.4 is 5.73 Å². The van der Waals surface area contributed by atoms with Crippen LogP contribution in [0, 0.1) is 5.92 Å². The molecule has 0 aromatic heterocycles. The van der Waals surface area contributed by atoms with Crippen molar-refractivity contribution in [3.8, 4) is 0 Å². The fourth-order valence-corrected chi connectivity index (χ4v) is 3.75. The van der Waals surface area contributed by atoms with Crippen molar-refractivity contribution in [2.45, 2.75) is 24.7 Å². The van der Waals surface area contributed by atoms with Crippen molar-refractivity contribution in [2.24, 2.45) is 11.7 Å². The van der Waals surface area contributed by atoms with Gasteiger partial charge in [0.2, 0.25) is 5.91 Å². The molecule has 2 aliphatic heterocycles. The van der Waals surface area contributed by atoms with Gasteiger partial charge in [0.1, 0.15) is 11.1 Å². The number of hydrogen-bond acceptors (Lipinski definition) is 6. The predicted octanol–water partition coefficient (Wildman–Crippen LogP) is 0.267. The normalized spacial score (nSPS) is 26.2. The Morgan fingerprint density at radius 2 is 2.09 bits per heavy atom. The number of rotatable bonds is 3. The van der Waals surface area contributed by atoms with Gasteiger partial charge in [-0.05, 0) is 0 Å². The van der Waals surface area contributed by atoms with Crippen LogP contribution in [0.3, 0.4) is 0 Å². The Balaban J connectivity index is 2.36. The molecule has 3 atom stereocenters. The molecule has 1 amide bonds. The average molecular weight is 340 g/mol. The standard InChI is InChI=1S/C11H11F3N2O5S/c1-3(17)21-7(15)4-2-22-9-5(11(12,13)14)8(18)16(9)6(4)10(19)20/h5,7,9H,2,15H2,1H3,(H,19,20)/t5-,7?,9-/m1/s1. The van der Waals surface area contributed by atoms with Crippen LogP contribution in [0.2, 0.25) is 0 Å². The van der Waals surface area contributed by atoms with Crippen molar-refractivity contribution in [3.05, 3.63) is 11.3 Å². The lowest BCUT2D eigenvalue weighted by Gasteiger charge is -2.50. The van der Waals surface area contributed by atoms with Gasteiger partial charge in [-0.3, -0.25) is 20.2 Å². The van der Waals surface area contributed by atoms with Gasteiger partial charge in [-0.25, -0.2) is 4.79 Å². The number of β-lactam (4-membered cyclic amide) rings is 1. The second-order valence-corrected chi connectivity index (χ2v) is 5.74. The van der Waals surface area contributed by atoms with E-state index in [2.05, 4.69) is 4.74 Å². The summed E-state index contributed by atoms with van der Waals surface area (Å²) in [6.07, 6.45) is -6.18. The highest BCUT2D eigenvalue weighted by atomic mass is 32.2. The maximum Gasteiger partial charge on any atom is 0.403 e. The number of carbonyl (C=O) groups is 3. The fraction of sp³-hybridized carbons (Fsp3) is 0.545. The lowest BCUT2D eigenvalue weighted by atomic mass is 9.94. The van der Waals surface area contributed by atoms with E-state index in [4.69, 9.17) is 5.73 Å².